The van der Waals surface area contributed by atoms with Crippen LogP contribution in [0, 0.1) is 5.41 Å². The second-order valence-corrected chi connectivity index (χ2v) is 4.47. The molecule has 2 aliphatic carbocycles. The van der Waals surface area contributed by atoms with Crippen molar-refractivity contribution >= 4 is 21.5 Å². The molecule has 0 heterocycles. The Bertz CT molecular complexity index is 854. The van der Waals surface area contributed by atoms with Crippen LogP contribution < -0.4 is 5.36 Å². The lowest BCUT2D eigenvalue weighted by atomic mass is 9.89. The maximum absolute atomic E-state index is 8.11. The smallest absolute Gasteiger partial charge is 0.119 e. The van der Waals surface area contributed by atoms with E-state index in [1.54, 1.807) is 0 Å². The van der Waals surface area contributed by atoms with Crippen LogP contribution in [0.25, 0.3) is 32.7 Å². The van der Waals surface area contributed by atoms with Crippen molar-refractivity contribution in [3.8, 4) is 11.1 Å². The van der Waals surface area contributed by atoms with Gasteiger partial charge in [-0.3, -0.25) is 5.41 Å². The van der Waals surface area contributed by atoms with E-state index in [1.165, 1.54) is 21.7 Å². The summed E-state index contributed by atoms with van der Waals surface area (Å²) in [7, 11) is 0. The maximum atomic E-state index is 8.11. The van der Waals surface area contributed by atoms with Crippen LogP contribution in [0.3, 0.4) is 0 Å². The number of nitrogens with one attached hydrogen (secondary N) is 1. The Morgan fingerprint density at radius 2 is 1.71 bits per heavy atom. The molecule has 0 aromatic heterocycles. The minimum Gasteiger partial charge on any atom is -0.287 e. The summed E-state index contributed by atoms with van der Waals surface area (Å²) in [6, 6.07) is 18.7. The highest BCUT2D eigenvalue weighted by Crippen LogP contribution is 2.36. The summed E-state index contributed by atoms with van der Waals surface area (Å²) in [6.45, 7) is 0. The molecule has 2 aromatic rings. The average Bonchev–Trinajstić information content (AvgIpc) is 2.37. The summed E-state index contributed by atoms with van der Waals surface area (Å²) >= 11 is 0. The SMILES string of the molecule is N=c1cc2cccc3ccc4c[cH+]cc1-c4c32. The predicted molar refractivity (Wildman–Crippen MR) is 70.7 cm³/mol. The molecule has 0 fully saturated rings. The van der Waals surface area contributed by atoms with Gasteiger partial charge in [-0.1, -0.05) is 18.2 Å². The fourth-order valence-electron chi connectivity index (χ4n) is 2.76. The van der Waals surface area contributed by atoms with Crippen molar-refractivity contribution in [2.24, 2.45) is 0 Å². The second kappa shape index (κ2) is 2.89. The molecular weight excluding hydrogens is 206 g/mol. The molecule has 0 bridgehead atoms. The number of hydrogen-bond donors (Lipinski definition) is 1. The Morgan fingerprint density at radius 3 is 2.65 bits per heavy atom. The number of hydrogen-bond acceptors (Lipinski definition) is 1. The summed E-state index contributed by atoms with van der Waals surface area (Å²) in [5.74, 6) is 0. The van der Waals surface area contributed by atoms with Crippen LogP contribution in [0.1, 0.15) is 0 Å². The Kier molecular flexibility index (Phi) is 1.50. The van der Waals surface area contributed by atoms with Crippen molar-refractivity contribution < 1.29 is 0 Å². The third-order valence-corrected chi connectivity index (χ3v) is 3.51. The maximum Gasteiger partial charge on any atom is 0.119 e. The molecule has 0 radical (unpaired) electrons. The molecule has 1 nitrogen and oxygen atoms in total. The Hall–Kier alpha value is -2.28. The van der Waals surface area contributed by atoms with Gasteiger partial charge in [0.1, 0.15) is 16.5 Å². The lowest BCUT2D eigenvalue weighted by Gasteiger charge is -2.09. The van der Waals surface area contributed by atoms with Gasteiger partial charge in [-0.25, -0.2) is 0 Å². The van der Waals surface area contributed by atoms with E-state index in [0.29, 0.717) is 5.36 Å². The first-order chi connectivity index (χ1) is 8.34. The zero-order chi connectivity index (χ0) is 11.4. The monoisotopic (exact) mass is 216 g/mol. The Labute approximate surface area is 98.5 Å². The van der Waals surface area contributed by atoms with E-state index >= 15 is 0 Å². The standard InChI is InChI=1S/C16H10N/c17-14-9-12-5-1-3-10-7-8-11-4-2-6-13(14)16(11)15(10)12/h1-9,17H/q+1. The lowest BCUT2D eigenvalue weighted by Crippen LogP contribution is -2.05. The Morgan fingerprint density at radius 1 is 0.882 bits per heavy atom. The normalized spacial score (nSPS) is 11.8. The van der Waals surface area contributed by atoms with Crippen molar-refractivity contribution in [3.05, 3.63) is 60.0 Å². The van der Waals surface area contributed by atoms with Gasteiger partial charge >= 0.3 is 0 Å². The van der Waals surface area contributed by atoms with Gasteiger partial charge < -0.3 is 0 Å². The van der Waals surface area contributed by atoms with Crippen LogP contribution in [0.4, 0.5) is 0 Å². The fraction of sp³-hybridized carbons (Fsp3) is 0. The molecule has 2 aromatic carbocycles. The molecule has 1 heteroatoms. The van der Waals surface area contributed by atoms with Gasteiger partial charge in [0.05, 0.1) is 17.5 Å². The molecule has 1 N–H and O–H groups in total. The highest BCUT2D eigenvalue weighted by atomic mass is 14.4. The van der Waals surface area contributed by atoms with Crippen LogP contribution in [0.2, 0.25) is 0 Å². The van der Waals surface area contributed by atoms with E-state index in [-0.39, 0.29) is 0 Å². The topological polar surface area (TPSA) is 23.9 Å². The molecule has 0 amide bonds. The van der Waals surface area contributed by atoms with Gasteiger partial charge in [0.15, 0.2) is 0 Å². The van der Waals surface area contributed by atoms with Gasteiger partial charge in [-0.05, 0) is 22.9 Å². The highest BCUT2D eigenvalue weighted by Gasteiger charge is 2.20. The summed E-state index contributed by atoms with van der Waals surface area (Å²) < 4.78 is 0. The second-order valence-electron chi connectivity index (χ2n) is 4.47. The summed E-state index contributed by atoms with van der Waals surface area (Å²) in [4.78, 5) is 0. The average molecular weight is 216 g/mol. The van der Waals surface area contributed by atoms with Crippen LogP contribution in [-0.4, -0.2) is 0 Å². The molecule has 0 saturated carbocycles. The number of rotatable bonds is 0. The minimum absolute atomic E-state index is 0.613. The van der Waals surface area contributed by atoms with E-state index in [4.69, 9.17) is 5.41 Å². The van der Waals surface area contributed by atoms with E-state index in [0.717, 1.165) is 10.9 Å². The molecule has 2 aliphatic rings. The van der Waals surface area contributed by atoms with Crippen molar-refractivity contribution in [1.82, 2.24) is 0 Å². The third-order valence-electron chi connectivity index (χ3n) is 3.51. The van der Waals surface area contributed by atoms with Crippen LogP contribution >= 0.6 is 0 Å². The largest absolute Gasteiger partial charge is 0.287 e. The third kappa shape index (κ3) is 1.03. The zero-order valence-corrected chi connectivity index (χ0v) is 9.20. The van der Waals surface area contributed by atoms with E-state index in [1.807, 2.05) is 18.2 Å². The van der Waals surface area contributed by atoms with E-state index in [2.05, 4.69) is 36.4 Å². The van der Waals surface area contributed by atoms with Crippen LogP contribution in [0.5, 0.6) is 0 Å². The van der Waals surface area contributed by atoms with Crippen molar-refractivity contribution in [1.29, 1.82) is 5.41 Å². The molecule has 78 valence electrons. The first kappa shape index (κ1) is 8.82. The molecule has 4 rings (SSSR count). The first-order valence-corrected chi connectivity index (χ1v) is 5.73. The van der Waals surface area contributed by atoms with Crippen molar-refractivity contribution in [2.45, 2.75) is 0 Å². The van der Waals surface area contributed by atoms with Gasteiger partial charge in [0, 0.05) is 17.5 Å². The molecule has 0 atom stereocenters. The summed E-state index contributed by atoms with van der Waals surface area (Å²) in [5, 5.41) is 13.7. The quantitative estimate of drug-likeness (QED) is 0.342. The molecule has 0 unspecified atom stereocenters. The minimum atomic E-state index is 0.613. The van der Waals surface area contributed by atoms with Gasteiger partial charge in [-0.2, -0.15) is 0 Å². The van der Waals surface area contributed by atoms with Gasteiger partial charge in [0.25, 0.3) is 0 Å². The number of benzene rings is 4. The highest BCUT2D eigenvalue weighted by molar-refractivity contribution is 6.14. The zero-order valence-electron chi connectivity index (χ0n) is 9.20. The summed E-state index contributed by atoms with van der Waals surface area (Å²) in [5.41, 5.74) is 2.28. The summed E-state index contributed by atoms with van der Waals surface area (Å²) in [6.07, 6.45) is 0. The van der Waals surface area contributed by atoms with Crippen LogP contribution in [0.15, 0.2) is 54.6 Å². The molecular formula is C16H10N+. The van der Waals surface area contributed by atoms with Gasteiger partial charge in [-0.15, -0.1) is 0 Å². The lowest BCUT2D eigenvalue weighted by molar-refractivity contribution is 1.29. The molecule has 0 aliphatic heterocycles. The predicted octanol–water partition coefficient (Wildman–Crippen LogP) is 3.73. The van der Waals surface area contributed by atoms with Crippen molar-refractivity contribution in [3.63, 3.8) is 0 Å². The molecule has 0 saturated heterocycles. The molecule has 17 heavy (non-hydrogen) atoms. The Balaban J connectivity index is 2.49. The van der Waals surface area contributed by atoms with Crippen molar-refractivity contribution in [2.75, 3.05) is 0 Å². The first-order valence-electron chi connectivity index (χ1n) is 5.73. The fourth-order valence-corrected chi connectivity index (χ4v) is 2.76. The van der Waals surface area contributed by atoms with Gasteiger partial charge in [0.2, 0.25) is 0 Å². The molecule has 0 spiro atoms. The van der Waals surface area contributed by atoms with Crippen LogP contribution in [-0.2, 0) is 0 Å². The van der Waals surface area contributed by atoms with E-state index in [9.17, 15) is 0 Å². The van der Waals surface area contributed by atoms with E-state index < -0.39 is 0 Å².